The van der Waals surface area contributed by atoms with E-state index in [4.69, 9.17) is 9.47 Å². The van der Waals surface area contributed by atoms with Gasteiger partial charge in [0.1, 0.15) is 0 Å². The molecule has 0 heterocycles. The molecule has 0 radical (unpaired) electrons. The normalized spacial score (nSPS) is 11.8. The maximum absolute atomic E-state index is 5.33. The van der Waals surface area contributed by atoms with Crippen LogP contribution in [0.15, 0.2) is 36.5 Å². The minimum absolute atomic E-state index is 0.417. The van der Waals surface area contributed by atoms with Gasteiger partial charge in [0.25, 0.3) is 0 Å². The third-order valence-corrected chi connectivity index (χ3v) is 2.68. The molecule has 0 spiro atoms. The van der Waals surface area contributed by atoms with Crippen molar-refractivity contribution >= 4 is 0 Å². The first-order chi connectivity index (χ1) is 10.3. The van der Waals surface area contributed by atoms with Crippen molar-refractivity contribution in [3.05, 3.63) is 36.5 Å². The molecule has 0 atom stereocenters. The molecule has 2 nitrogen and oxygen atoms in total. The minimum atomic E-state index is -0.417. The summed E-state index contributed by atoms with van der Waals surface area (Å²) >= 11 is 0. The summed E-state index contributed by atoms with van der Waals surface area (Å²) in [5, 5.41) is 0. The molecule has 118 valence electrons. The van der Waals surface area contributed by atoms with Gasteiger partial charge < -0.3 is 9.47 Å². The lowest BCUT2D eigenvalue weighted by molar-refractivity contribution is -0.0969. The summed E-state index contributed by atoms with van der Waals surface area (Å²) in [7, 11) is 0. The number of allylic oxidation sites excluding steroid dienone is 6. The van der Waals surface area contributed by atoms with E-state index in [0.29, 0.717) is 13.2 Å². The van der Waals surface area contributed by atoms with E-state index < -0.39 is 6.29 Å². The van der Waals surface area contributed by atoms with E-state index in [1.165, 1.54) is 25.7 Å². The number of ether oxygens (including phenoxy) is 2. The second-order valence-corrected chi connectivity index (χ2v) is 4.52. The van der Waals surface area contributed by atoms with Crippen molar-refractivity contribution in [2.75, 3.05) is 13.2 Å². The van der Waals surface area contributed by atoms with Crippen molar-refractivity contribution in [2.45, 2.75) is 59.2 Å². The van der Waals surface area contributed by atoms with Gasteiger partial charge in [-0.25, -0.2) is 0 Å². The second kappa shape index (κ2) is 16.8. The molecule has 0 bridgehead atoms. The fourth-order valence-corrected chi connectivity index (χ4v) is 1.62. The zero-order chi connectivity index (χ0) is 15.6. The second-order valence-electron chi connectivity index (χ2n) is 4.52. The Morgan fingerprint density at radius 1 is 0.905 bits per heavy atom. The van der Waals surface area contributed by atoms with Crippen molar-refractivity contribution in [1.82, 2.24) is 0 Å². The number of unbranched alkanes of at least 4 members (excludes halogenated alkanes) is 3. The van der Waals surface area contributed by atoms with E-state index in [9.17, 15) is 0 Å². The Morgan fingerprint density at radius 3 is 2.33 bits per heavy atom. The zero-order valence-corrected chi connectivity index (χ0v) is 13.8. The third kappa shape index (κ3) is 14.9. The molecule has 0 aromatic heterocycles. The lowest BCUT2D eigenvalue weighted by atomic mass is 10.2. The van der Waals surface area contributed by atoms with Crippen LogP contribution in [0.3, 0.4) is 0 Å². The minimum Gasteiger partial charge on any atom is -0.342 e. The predicted molar refractivity (Wildman–Crippen MR) is 91.0 cm³/mol. The van der Waals surface area contributed by atoms with Crippen molar-refractivity contribution in [2.24, 2.45) is 0 Å². The molecular formula is C19H30O2. The summed E-state index contributed by atoms with van der Waals surface area (Å²) in [6.07, 6.45) is 18.0. The smallest absolute Gasteiger partial charge is 0.222 e. The van der Waals surface area contributed by atoms with Crippen molar-refractivity contribution in [1.29, 1.82) is 0 Å². The average Bonchev–Trinajstić information content (AvgIpc) is 2.48. The van der Waals surface area contributed by atoms with Crippen molar-refractivity contribution in [3.63, 3.8) is 0 Å². The average molecular weight is 290 g/mol. The zero-order valence-electron chi connectivity index (χ0n) is 13.8. The van der Waals surface area contributed by atoms with Gasteiger partial charge in [-0.1, -0.05) is 56.1 Å². The van der Waals surface area contributed by atoms with Gasteiger partial charge in [-0.3, -0.25) is 0 Å². The van der Waals surface area contributed by atoms with Crippen molar-refractivity contribution < 1.29 is 9.47 Å². The van der Waals surface area contributed by atoms with Gasteiger partial charge in [0.05, 0.1) is 0 Å². The molecule has 0 N–H and O–H groups in total. The van der Waals surface area contributed by atoms with E-state index in [2.05, 4.69) is 37.0 Å². The maximum Gasteiger partial charge on any atom is 0.222 e. The van der Waals surface area contributed by atoms with Crippen LogP contribution in [0.4, 0.5) is 0 Å². The first kappa shape index (κ1) is 19.7. The fourth-order valence-electron chi connectivity index (χ4n) is 1.62. The molecule has 0 saturated heterocycles. The summed E-state index contributed by atoms with van der Waals surface area (Å²) < 4.78 is 10.7. The Kier molecular flexibility index (Phi) is 15.7. The molecule has 0 aliphatic rings. The predicted octanol–water partition coefficient (Wildman–Crippen LogP) is 5.03. The summed E-state index contributed by atoms with van der Waals surface area (Å²) in [6.45, 7) is 7.30. The summed E-state index contributed by atoms with van der Waals surface area (Å²) in [4.78, 5) is 0. The molecule has 2 heteroatoms. The van der Waals surface area contributed by atoms with Gasteiger partial charge >= 0.3 is 0 Å². The summed E-state index contributed by atoms with van der Waals surface area (Å²) in [5.41, 5.74) is 0. The molecule has 21 heavy (non-hydrogen) atoms. The van der Waals surface area contributed by atoms with Gasteiger partial charge in [-0.2, -0.15) is 0 Å². The Hall–Kier alpha value is -1.30. The first-order valence-electron chi connectivity index (χ1n) is 8.06. The molecule has 0 rings (SSSR count). The number of hydrogen-bond donors (Lipinski definition) is 0. The highest BCUT2D eigenvalue weighted by atomic mass is 16.7. The van der Waals surface area contributed by atoms with Gasteiger partial charge in [-0.15, -0.1) is 0 Å². The summed E-state index contributed by atoms with van der Waals surface area (Å²) in [6, 6.07) is 0. The Bertz CT molecular complexity index is 349. The molecule has 0 aromatic rings. The van der Waals surface area contributed by atoms with Crippen LogP contribution < -0.4 is 0 Å². The van der Waals surface area contributed by atoms with Gasteiger partial charge in [0, 0.05) is 13.2 Å². The highest BCUT2D eigenvalue weighted by molar-refractivity contribution is 5.20. The number of rotatable bonds is 11. The number of hydrogen-bond acceptors (Lipinski definition) is 2. The van der Waals surface area contributed by atoms with Crippen LogP contribution in [-0.2, 0) is 9.47 Å². The largest absolute Gasteiger partial charge is 0.342 e. The first-order valence-corrected chi connectivity index (χ1v) is 8.06. The van der Waals surface area contributed by atoms with Crippen LogP contribution in [-0.4, -0.2) is 19.5 Å². The molecular weight excluding hydrogens is 260 g/mol. The molecule has 0 fully saturated rings. The highest BCUT2D eigenvalue weighted by Crippen LogP contribution is 2.00. The quantitative estimate of drug-likeness (QED) is 0.175. The van der Waals surface area contributed by atoms with Crippen LogP contribution >= 0.6 is 0 Å². The fraction of sp³-hybridized carbons (Fsp3) is 0.579. The van der Waals surface area contributed by atoms with E-state index >= 15 is 0 Å². The Balaban J connectivity index is 3.81. The molecule has 0 aliphatic carbocycles. The van der Waals surface area contributed by atoms with Crippen LogP contribution in [0.5, 0.6) is 0 Å². The standard InChI is InChI=1S/C19H30O2/c1-4-7-8-9-10-11-12-13-14-15-16-17-18-19(20-5-2)21-6-3/h10-11,13-16,19H,4-9,12H2,1-3H3/b11-10-,14-13-,16-15+. The van der Waals surface area contributed by atoms with Gasteiger partial charge in [-0.05, 0) is 45.1 Å². The van der Waals surface area contributed by atoms with Crippen LogP contribution in [0.25, 0.3) is 0 Å². The van der Waals surface area contributed by atoms with E-state index in [1.807, 2.05) is 32.1 Å². The maximum atomic E-state index is 5.33. The van der Waals surface area contributed by atoms with Gasteiger partial charge in [0.2, 0.25) is 6.29 Å². The van der Waals surface area contributed by atoms with E-state index in [-0.39, 0.29) is 0 Å². The topological polar surface area (TPSA) is 18.5 Å². The van der Waals surface area contributed by atoms with E-state index in [1.54, 1.807) is 0 Å². The van der Waals surface area contributed by atoms with Gasteiger partial charge in [0.15, 0.2) is 0 Å². The van der Waals surface area contributed by atoms with Crippen LogP contribution in [0.2, 0.25) is 0 Å². The Labute approximate surface area is 130 Å². The highest BCUT2D eigenvalue weighted by Gasteiger charge is 2.00. The third-order valence-electron chi connectivity index (χ3n) is 2.68. The van der Waals surface area contributed by atoms with Crippen LogP contribution in [0.1, 0.15) is 52.9 Å². The molecule has 0 unspecified atom stereocenters. The van der Waals surface area contributed by atoms with E-state index in [0.717, 1.165) is 6.42 Å². The Morgan fingerprint density at radius 2 is 1.67 bits per heavy atom. The SMILES string of the molecule is CCCCC/C=C\C/C=C\C=C\C#CC(OCC)OCC. The van der Waals surface area contributed by atoms with Crippen molar-refractivity contribution in [3.8, 4) is 11.8 Å². The molecule has 0 amide bonds. The summed E-state index contributed by atoms with van der Waals surface area (Å²) in [5.74, 6) is 5.85. The van der Waals surface area contributed by atoms with Crippen LogP contribution in [0, 0.1) is 11.8 Å². The molecule has 0 saturated carbocycles. The lowest BCUT2D eigenvalue weighted by Gasteiger charge is -2.09. The molecule has 0 aliphatic heterocycles. The lowest BCUT2D eigenvalue weighted by Crippen LogP contribution is -2.14. The molecule has 0 aromatic carbocycles. The monoisotopic (exact) mass is 290 g/mol.